The number of hydrogen-bond donors (Lipinski definition) is 1. The van der Waals surface area contributed by atoms with Crippen LogP contribution < -0.4 is 5.32 Å². The second-order valence-electron chi connectivity index (χ2n) is 3.45. The molecule has 2 nitrogen and oxygen atoms in total. The number of hydrogen-bond acceptors (Lipinski definition) is 2. The van der Waals surface area contributed by atoms with Crippen molar-refractivity contribution in [1.29, 1.82) is 0 Å². The first kappa shape index (κ1) is 9.46. The van der Waals surface area contributed by atoms with Crippen LogP contribution >= 0.6 is 0 Å². The van der Waals surface area contributed by atoms with Crippen molar-refractivity contribution < 1.29 is 4.21 Å². The lowest BCUT2D eigenvalue weighted by atomic mass is 10.1. The summed E-state index contributed by atoms with van der Waals surface area (Å²) in [6.07, 6.45) is 0.821. The van der Waals surface area contributed by atoms with Gasteiger partial charge in [0.25, 0.3) is 0 Å². The van der Waals surface area contributed by atoms with Crippen molar-refractivity contribution in [3.63, 3.8) is 0 Å². The Balaban J connectivity index is 2.04. The first-order chi connectivity index (χ1) is 6.75. The van der Waals surface area contributed by atoms with Crippen LogP contribution in [-0.2, 0) is 17.2 Å². The minimum absolute atomic E-state index is 0.0531. The van der Waals surface area contributed by atoms with Gasteiger partial charge in [0, 0.05) is 17.5 Å². The van der Waals surface area contributed by atoms with Crippen molar-refractivity contribution in [2.24, 2.45) is 0 Å². The summed E-state index contributed by atoms with van der Waals surface area (Å²) in [6.45, 7) is 1.95. The maximum atomic E-state index is 11.6. The molecule has 0 fully saturated rings. The Morgan fingerprint density at radius 3 is 2.64 bits per heavy atom. The molecule has 1 heterocycles. The highest BCUT2D eigenvalue weighted by Gasteiger charge is 2.20. The fraction of sp³-hybridized carbons (Fsp3) is 0.273. The molecule has 1 aromatic rings. The van der Waals surface area contributed by atoms with E-state index in [1.54, 1.807) is 5.41 Å². The van der Waals surface area contributed by atoms with E-state index in [2.05, 4.69) is 17.4 Å². The Labute approximate surface area is 86.5 Å². The first-order valence-corrected chi connectivity index (χ1v) is 5.91. The minimum Gasteiger partial charge on any atom is -0.374 e. The van der Waals surface area contributed by atoms with Gasteiger partial charge in [-0.05, 0) is 12.5 Å². The molecule has 0 amide bonds. The predicted molar refractivity (Wildman–Crippen MR) is 59.0 cm³/mol. The van der Waals surface area contributed by atoms with Crippen molar-refractivity contribution >= 4 is 10.8 Å². The van der Waals surface area contributed by atoms with Gasteiger partial charge in [0.1, 0.15) is 5.37 Å². The molecule has 0 aliphatic carbocycles. The zero-order valence-corrected chi connectivity index (χ0v) is 8.88. The lowest BCUT2D eigenvalue weighted by molar-refractivity contribution is 0.661. The Morgan fingerprint density at radius 1 is 1.36 bits per heavy atom. The van der Waals surface area contributed by atoms with Gasteiger partial charge < -0.3 is 5.32 Å². The third kappa shape index (κ3) is 2.04. The Morgan fingerprint density at radius 2 is 2.07 bits per heavy atom. The molecule has 0 aromatic heterocycles. The molecular weight excluding hydrogens is 194 g/mol. The summed E-state index contributed by atoms with van der Waals surface area (Å²) in [4.78, 5) is 0. The Hall–Kier alpha value is -1.09. The van der Waals surface area contributed by atoms with Crippen LogP contribution in [0.25, 0.3) is 0 Å². The largest absolute Gasteiger partial charge is 0.374 e. The van der Waals surface area contributed by atoms with E-state index in [1.165, 1.54) is 5.56 Å². The van der Waals surface area contributed by atoms with E-state index in [9.17, 15) is 4.21 Å². The Bertz CT molecular complexity index is 372. The van der Waals surface area contributed by atoms with Gasteiger partial charge in [-0.25, -0.2) is 0 Å². The average Bonchev–Trinajstić information content (AvgIpc) is 2.47. The molecule has 0 bridgehead atoms. The highest BCUT2D eigenvalue weighted by molar-refractivity contribution is 7.88. The lowest BCUT2D eigenvalue weighted by Crippen LogP contribution is -2.27. The summed E-state index contributed by atoms with van der Waals surface area (Å²) in [5.41, 5.74) is 2.24. The van der Waals surface area contributed by atoms with Crippen LogP contribution in [0.3, 0.4) is 0 Å². The molecule has 1 aliphatic rings. The molecule has 3 heteroatoms. The second kappa shape index (κ2) is 3.96. The summed E-state index contributed by atoms with van der Waals surface area (Å²) >= 11 is 0. The summed E-state index contributed by atoms with van der Waals surface area (Å²) in [7, 11) is -0.864. The fourth-order valence-electron chi connectivity index (χ4n) is 1.56. The van der Waals surface area contributed by atoms with Gasteiger partial charge in [-0.2, -0.15) is 0 Å². The smallest absolute Gasteiger partial charge is 0.110 e. The van der Waals surface area contributed by atoms with Crippen LogP contribution in [0.15, 0.2) is 41.4 Å². The van der Waals surface area contributed by atoms with Crippen LogP contribution in [0.5, 0.6) is 0 Å². The van der Waals surface area contributed by atoms with E-state index in [0.717, 1.165) is 12.1 Å². The third-order valence-corrected chi connectivity index (χ3v) is 3.66. The van der Waals surface area contributed by atoms with E-state index in [1.807, 2.05) is 25.1 Å². The van der Waals surface area contributed by atoms with Crippen LogP contribution in [0.2, 0.25) is 0 Å². The molecule has 0 saturated heterocycles. The second-order valence-corrected chi connectivity index (χ2v) is 4.91. The van der Waals surface area contributed by atoms with Crippen LogP contribution in [0.4, 0.5) is 0 Å². The van der Waals surface area contributed by atoms with Gasteiger partial charge in [0.05, 0.1) is 10.8 Å². The van der Waals surface area contributed by atoms with Gasteiger partial charge in [0.15, 0.2) is 0 Å². The van der Waals surface area contributed by atoms with Crippen molar-refractivity contribution in [1.82, 2.24) is 5.32 Å². The highest BCUT2D eigenvalue weighted by Crippen LogP contribution is 2.14. The van der Waals surface area contributed by atoms with Gasteiger partial charge >= 0.3 is 0 Å². The molecule has 0 spiro atoms. The topological polar surface area (TPSA) is 29.1 Å². The Kier molecular flexibility index (Phi) is 2.68. The monoisotopic (exact) mass is 207 g/mol. The van der Waals surface area contributed by atoms with Crippen LogP contribution in [-0.4, -0.2) is 9.58 Å². The van der Waals surface area contributed by atoms with Crippen molar-refractivity contribution in [2.45, 2.75) is 18.7 Å². The summed E-state index contributed by atoms with van der Waals surface area (Å²) in [5.74, 6) is 0. The molecule has 2 atom stereocenters. The number of benzene rings is 1. The van der Waals surface area contributed by atoms with Crippen molar-refractivity contribution in [2.75, 3.05) is 0 Å². The molecule has 2 rings (SSSR count). The van der Waals surface area contributed by atoms with E-state index < -0.39 is 10.8 Å². The van der Waals surface area contributed by atoms with Crippen molar-refractivity contribution in [3.05, 3.63) is 47.0 Å². The van der Waals surface area contributed by atoms with Crippen LogP contribution in [0, 0.1) is 0 Å². The van der Waals surface area contributed by atoms with Gasteiger partial charge in [0.2, 0.25) is 0 Å². The molecule has 1 aliphatic heterocycles. The maximum Gasteiger partial charge on any atom is 0.110 e. The molecule has 0 radical (unpaired) electrons. The fourth-order valence-corrected chi connectivity index (χ4v) is 2.80. The van der Waals surface area contributed by atoms with Crippen LogP contribution in [0.1, 0.15) is 12.5 Å². The van der Waals surface area contributed by atoms with E-state index in [4.69, 9.17) is 0 Å². The maximum absolute atomic E-state index is 11.6. The third-order valence-electron chi connectivity index (χ3n) is 2.23. The average molecular weight is 207 g/mol. The van der Waals surface area contributed by atoms with E-state index in [0.29, 0.717) is 0 Å². The molecule has 2 unspecified atom stereocenters. The molecular formula is C11H13NOS. The zero-order valence-electron chi connectivity index (χ0n) is 8.07. The minimum atomic E-state index is -0.864. The lowest BCUT2D eigenvalue weighted by Gasteiger charge is -2.10. The molecule has 14 heavy (non-hydrogen) atoms. The van der Waals surface area contributed by atoms with Gasteiger partial charge in [-0.15, -0.1) is 0 Å². The first-order valence-electron chi connectivity index (χ1n) is 4.64. The molecule has 0 saturated carbocycles. The normalized spacial score (nSPS) is 25.6. The summed E-state index contributed by atoms with van der Waals surface area (Å²) in [6, 6.07) is 10.1. The number of nitrogens with one attached hydrogen (secondary N) is 1. The zero-order chi connectivity index (χ0) is 9.97. The standard InChI is InChI=1S/C11H13NOS/c1-9-8-14(13)11(12-9)7-10-5-3-2-4-6-10/h2-6,8,11-12H,7H2,1H3. The van der Waals surface area contributed by atoms with E-state index >= 15 is 0 Å². The number of allylic oxidation sites excluding steroid dienone is 1. The summed E-state index contributed by atoms with van der Waals surface area (Å²) < 4.78 is 11.6. The predicted octanol–water partition coefficient (Wildman–Crippen LogP) is 1.77. The number of rotatable bonds is 2. The summed E-state index contributed by atoms with van der Waals surface area (Å²) in [5, 5.41) is 5.05. The molecule has 1 N–H and O–H groups in total. The van der Waals surface area contributed by atoms with E-state index in [-0.39, 0.29) is 5.37 Å². The van der Waals surface area contributed by atoms with Gasteiger partial charge in [-0.1, -0.05) is 30.3 Å². The molecule has 1 aromatic carbocycles. The van der Waals surface area contributed by atoms with Gasteiger partial charge in [-0.3, -0.25) is 4.21 Å². The molecule has 74 valence electrons. The van der Waals surface area contributed by atoms with Crippen molar-refractivity contribution in [3.8, 4) is 0 Å². The highest BCUT2D eigenvalue weighted by atomic mass is 32.2. The SMILES string of the molecule is CC1=CS(=O)C(Cc2ccccc2)N1. The quantitative estimate of drug-likeness (QED) is 0.800.